The van der Waals surface area contributed by atoms with Gasteiger partial charge in [-0.3, -0.25) is 14.4 Å². The van der Waals surface area contributed by atoms with Crippen molar-refractivity contribution in [2.45, 2.75) is 84.0 Å². The Kier molecular flexibility index (Phi) is 9.41. The van der Waals surface area contributed by atoms with E-state index in [0.29, 0.717) is 37.4 Å². The van der Waals surface area contributed by atoms with E-state index >= 15 is 0 Å². The SMILES string of the molecule is Cc1cc(-c2cc3c(c(OCC4CCC4)c2)CC(=O)CC3)cn(C)c1=O.O=C1CCc2cc(Br)cc(OCC3CCC3)c2C1. The highest BCUT2D eigenvalue weighted by atomic mass is 79.9. The van der Waals surface area contributed by atoms with Crippen LogP contribution in [0.25, 0.3) is 11.1 Å². The first-order valence-corrected chi connectivity index (χ1v) is 17.0. The van der Waals surface area contributed by atoms with Crippen molar-refractivity contribution in [3.63, 3.8) is 0 Å². The summed E-state index contributed by atoms with van der Waals surface area (Å²) in [5.74, 6) is 3.76. The van der Waals surface area contributed by atoms with Crippen LogP contribution in [-0.2, 0) is 42.3 Å². The van der Waals surface area contributed by atoms with Gasteiger partial charge in [0.05, 0.1) is 13.2 Å². The van der Waals surface area contributed by atoms with E-state index in [1.807, 2.05) is 25.3 Å². The molecule has 4 aliphatic carbocycles. The lowest BCUT2D eigenvalue weighted by Crippen LogP contribution is -2.21. The summed E-state index contributed by atoms with van der Waals surface area (Å²) in [4.78, 5) is 35.6. The normalized spacial score (nSPS) is 17.9. The Balaban J connectivity index is 0.000000167. The number of ketones is 2. The van der Waals surface area contributed by atoms with Crippen molar-refractivity contribution in [1.82, 2.24) is 4.57 Å². The highest BCUT2D eigenvalue weighted by Crippen LogP contribution is 2.37. The molecule has 0 saturated heterocycles. The van der Waals surface area contributed by atoms with Crippen LogP contribution in [0.3, 0.4) is 0 Å². The van der Waals surface area contributed by atoms with Gasteiger partial charge in [0, 0.05) is 60.1 Å². The minimum Gasteiger partial charge on any atom is -0.493 e. The molecule has 0 bridgehead atoms. The lowest BCUT2D eigenvalue weighted by molar-refractivity contribution is -0.119. The standard InChI is InChI=1S/C22H25NO3.C15H17BrO2/c1-14-8-18(12-23(2)22(14)25)17-9-16-6-7-19(24)11-20(16)21(10-17)26-13-15-4-3-5-15;16-12-6-11-4-5-13(17)8-14(11)15(7-12)18-9-10-2-1-3-10/h8-10,12,15H,3-7,11,13H2,1-2H3;6-7,10H,1-5,8-9H2. The quantitative estimate of drug-likeness (QED) is 0.266. The van der Waals surface area contributed by atoms with Crippen LogP contribution in [0, 0.1) is 18.8 Å². The van der Waals surface area contributed by atoms with Crippen LogP contribution in [0.4, 0.5) is 0 Å². The fourth-order valence-electron chi connectivity index (χ4n) is 6.53. The van der Waals surface area contributed by atoms with E-state index in [1.165, 1.54) is 49.7 Å². The predicted molar refractivity (Wildman–Crippen MR) is 176 cm³/mol. The number of benzene rings is 2. The molecule has 6 nitrogen and oxygen atoms in total. The first-order valence-electron chi connectivity index (χ1n) is 16.2. The fraction of sp³-hybridized carbons (Fsp3) is 0.486. The summed E-state index contributed by atoms with van der Waals surface area (Å²) in [6.45, 7) is 3.38. The maximum atomic E-state index is 12.0. The Labute approximate surface area is 268 Å². The molecule has 2 fully saturated rings. The molecule has 1 heterocycles. The van der Waals surface area contributed by atoms with Gasteiger partial charge in [-0.1, -0.05) is 34.8 Å². The lowest BCUT2D eigenvalue weighted by atomic mass is 9.86. The molecule has 0 N–H and O–H groups in total. The number of rotatable bonds is 7. The number of hydrogen-bond acceptors (Lipinski definition) is 5. The van der Waals surface area contributed by atoms with E-state index in [9.17, 15) is 14.4 Å². The molecule has 2 saturated carbocycles. The Hall–Kier alpha value is -3.19. The summed E-state index contributed by atoms with van der Waals surface area (Å²) >= 11 is 3.53. The largest absolute Gasteiger partial charge is 0.493 e. The molecule has 2 aromatic carbocycles. The molecule has 1 aromatic heterocycles. The molecule has 0 radical (unpaired) electrons. The zero-order valence-corrected chi connectivity index (χ0v) is 27.5. The number of nitrogens with zero attached hydrogens (tertiary/aromatic N) is 1. The number of fused-ring (bicyclic) bond motifs is 2. The first kappa shape index (κ1) is 30.8. The highest BCUT2D eigenvalue weighted by Gasteiger charge is 2.25. The molecule has 0 atom stereocenters. The van der Waals surface area contributed by atoms with Crippen LogP contribution < -0.4 is 15.0 Å². The zero-order chi connectivity index (χ0) is 30.8. The molecule has 7 heteroatoms. The third-order valence-corrected chi connectivity index (χ3v) is 10.2. The van der Waals surface area contributed by atoms with Crippen molar-refractivity contribution in [2.75, 3.05) is 13.2 Å². The van der Waals surface area contributed by atoms with Crippen LogP contribution >= 0.6 is 15.9 Å². The van der Waals surface area contributed by atoms with Gasteiger partial charge in [-0.15, -0.1) is 0 Å². The summed E-state index contributed by atoms with van der Waals surface area (Å²) < 4.78 is 14.8. The number of ether oxygens (including phenoxy) is 2. The second-order valence-corrected chi connectivity index (χ2v) is 14.0. The van der Waals surface area contributed by atoms with E-state index < -0.39 is 0 Å². The van der Waals surface area contributed by atoms with E-state index in [0.717, 1.165) is 75.8 Å². The van der Waals surface area contributed by atoms with Gasteiger partial charge in [-0.2, -0.15) is 0 Å². The van der Waals surface area contributed by atoms with E-state index in [-0.39, 0.29) is 11.3 Å². The second-order valence-electron chi connectivity index (χ2n) is 13.1. The van der Waals surface area contributed by atoms with Crippen molar-refractivity contribution >= 4 is 27.5 Å². The van der Waals surface area contributed by atoms with E-state index in [4.69, 9.17) is 9.47 Å². The summed E-state index contributed by atoms with van der Waals surface area (Å²) in [5, 5.41) is 0. The number of aryl methyl sites for hydroxylation is 4. The van der Waals surface area contributed by atoms with Crippen molar-refractivity contribution in [3.8, 4) is 22.6 Å². The molecule has 0 spiro atoms. The average Bonchev–Trinajstić information content (AvgIpc) is 2.94. The van der Waals surface area contributed by atoms with Gasteiger partial charge < -0.3 is 14.0 Å². The van der Waals surface area contributed by atoms with Crippen LogP contribution in [0.5, 0.6) is 11.5 Å². The van der Waals surface area contributed by atoms with Crippen molar-refractivity contribution < 1.29 is 19.1 Å². The maximum absolute atomic E-state index is 12.0. The van der Waals surface area contributed by atoms with Crippen molar-refractivity contribution in [1.29, 1.82) is 0 Å². The molecule has 0 amide bonds. The van der Waals surface area contributed by atoms with Gasteiger partial charge in [0.1, 0.15) is 23.1 Å². The van der Waals surface area contributed by atoms with Crippen LogP contribution in [-0.4, -0.2) is 29.3 Å². The number of hydrogen-bond donors (Lipinski definition) is 0. The Morgan fingerprint density at radius 3 is 1.80 bits per heavy atom. The number of carbonyl (C=O) groups excluding carboxylic acids is 2. The maximum Gasteiger partial charge on any atom is 0.253 e. The molecular formula is C37H42BrNO5. The van der Waals surface area contributed by atoms with Gasteiger partial charge in [0.2, 0.25) is 0 Å². The average molecular weight is 661 g/mol. The third kappa shape index (κ3) is 7.03. The molecule has 232 valence electrons. The van der Waals surface area contributed by atoms with Gasteiger partial charge in [-0.05, 0) is 104 Å². The number of pyridine rings is 1. The molecule has 0 aliphatic heterocycles. The molecule has 4 aliphatic rings. The molecule has 44 heavy (non-hydrogen) atoms. The van der Waals surface area contributed by atoms with E-state index in [2.05, 4.69) is 34.1 Å². The Bertz CT molecular complexity index is 1610. The highest BCUT2D eigenvalue weighted by molar-refractivity contribution is 9.10. The molecule has 3 aromatic rings. The Morgan fingerprint density at radius 1 is 0.727 bits per heavy atom. The first-order chi connectivity index (χ1) is 21.2. The lowest BCUT2D eigenvalue weighted by Gasteiger charge is -2.27. The minimum atomic E-state index is 0.0266. The van der Waals surface area contributed by atoms with Crippen LogP contribution in [0.2, 0.25) is 0 Å². The zero-order valence-electron chi connectivity index (χ0n) is 25.9. The van der Waals surface area contributed by atoms with Gasteiger partial charge in [0.15, 0.2) is 0 Å². The minimum absolute atomic E-state index is 0.0266. The van der Waals surface area contributed by atoms with Gasteiger partial charge in [-0.25, -0.2) is 0 Å². The van der Waals surface area contributed by atoms with Crippen LogP contribution in [0.15, 0.2) is 45.8 Å². The summed E-state index contributed by atoms with van der Waals surface area (Å²) in [6.07, 6.45) is 13.5. The Morgan fingerprint density at radius 2 is 1.27 bits per heavy atom. The predicted octanol–water partition coefficient (Wildman–Crippen LogP) is 7.28. The molecule has 0 unspecified atom stereocenters. The molecular weight excluding hydrogens is 618 g/mol. The van der Waals surface area contributed by atoms with Crippen molar-refractivity contribution in [2.24, 2.45) is 18.9 Å². The fourth-order valence-corrected chi connectivity index (χ4v) is 7.01. The smallest absolute Gasteiger partial charge is 0.253 e. The molecule has 7 rings (SSSR count). The van der Waals surface area contributed by atoms with Gasteiger partial charge >= 0.3 is 0 Å². The number of carbonyl (C=O) groups is 2. The topological polar surface area (TPSA) is 74.6 Å². The second kappa shape index (κ2) is 13.4. The van der Waals surface area contributed by atoms with Gasteiger partial charge in [0.25, 0.3) is 5.56 Å². The van der Waals surface area contributed by atoms with E-state index in [1.54, 1.807) is 11.6 Å². The summed E-state index contributed by atoms with van der Waals surface area (Å²) in [6, 6.07) is 10.3. The monoisotopic (exact) mass is 659 g/mol. The summed E-state index contributed by atoms with van der Waals surface area (Å²) in [7, 11) is 1.78. The number of aromatic nitrogens is 1. The van der Waals surface area contributed by atoms with Crippen molar-refractivity contribution in [3.05, 3.63) is 79.2 Å². The number of halogens is 1. The summed E-state index contributed by atoms with van der Waals surface area (Å²) in [5.41, 5.74) is 7.48. The third-order valence-electron chi connectivity index (χ3n) is 9.76. The number of Topliss-reactive ketones (excluding diaryl/α,β-unsaturated/α-hetero) is 2. The van der Waals surface area contributed by atoms with Crippen LogP contribution in [0.1, 0.15) is 79.2 Å².